The number of carbonyl (C=O) groups is 2. The minimum Gasteiger partial charge on any atom is -0.338 e. The van der Waals surface area contributed by atoms with Crippen LogP contribution < -0.4 is 5.32 Å². The number of carbonyl (C=O) groups excluding carboxylic acids is 2. The summed E-state index contributed by atoms with van der Waals surface area (Å²) in [7, 11) is -2.46. The Labute approximate surface area is 201 Å². The van der Waals surface area contributed by atoms with Crippen LogP contribution in [0.2, 0.25) is 0 Å². The van der Waals surface area contributed by atoms with Crippen molar-refractivity contribution < 1.29 is 18.7 Å². The number of benzene rings is 2. The van der Waals surface area contributed by atoms with Gasteiger partial charge in [-0.25, -0.2) is 4.79 Å². The first-order valence-electron chi connectivity index (χ1n) is 11.8. The summed E-state index contributed by atoms with van der Waals surface area (Å²) in [6.07, 6.45) is 4.01. The largest absolute Gasteiger partial charge is 0.338 e. The van der Waals surface area contributed by atoms with E-state index in [-0.39, 0.29) is 17.9 Å². The van der Waals surface area contributed by atoms with Gasteiger partial charge in [-0.2, -0.15) is 10.6 Å². The molecule has 34 heavy (non-hydrogen) atoms. The molecule has 0 bridgehead atoms. The Morgan fingerprint density at radius 1 is 0.912 bits per heavy atom. The Bertz CT molecular complexity index is 1080. The van der Waals surface area contributed by atoms with Crippen LogP contribution in [-0.4, -0.2) is 55.4 Å². The molecule has 7 nitrogen and oxygen atoms in total. The molecular formula is C26H31N3O4S. The van der Waals surface area contributed by atoms with Gasteiger partial charge in [0.15, 0.2) is 0 Å². The molecule has 0 aliphatic carbocycles. The molecule has 180 valence electrons. The van der Waals surface area contributed by atoms with Crippen LogP contribution in [0.5, 0.6) is 0 Å². The maximum Gasteiger partial charge on any atom is 0.322 e. The van der Waals surface area contributed by atoms with Crippen molar-refractivity contribution in [3.8, 4) is 0 Å². The zero-order chi connectivity index (χ0) is 23.7. The fraction of sp³-hybridized carbons (Fsp3) is 0.385. The highest BCUT2D eigenvalue weighted by molar-refractivity contribution is 8.24. The second-order valence-electron chi connectivity index (χ2n) is 9.38. The molecule has 5 rings (SSSR count). The van der Waals surface area contributed by atoms with E-state index in [0.717, 1.165) is 17.7 Å². The first kappa shape index (κ1) is 23.0. The van der Waals surface area contributed by atoms with E-state index in [1.54, 1.807) is 0 Å². The van der Waals surface area contributed by atoms with Gasteiger partial charge in [0, 0.05) is 49.3 Å². The van der Waals surface area contributed by atoms with E-state index in [4.69, 9.17) is 0 Å². The molecule has 0 unspecified atom stereocenters. The molecule has 3 N–H and O–H groups in total. The lowest BCUT2D eigenvalue weighted by Crippen LogP contribution is -2.41. The van der Waals surface area contributed by atoms with Crippen molar-refractivity contribution in [3.63, 3.8) is 0 Å². The highest BCUT2D eigenvalue weighted by Gasteiger charge is 2.32. The number of amides is 3. The van der Waals surface area contributed by atoms with Gasteiger partial charge in [-0.1, -0.05) is 42.5 Å². The van der Waals surface area contributed by atoms with Crippen LogP contribution in [0.15, 0.2) is 54.6 Å². The summed E-state index contributed by atoms with van der Waals surface area (Å²) >= 11 is 0. The molecule has 0 spiro atoms. The highest BCUT2D eigenvalue weighted by atomic mass is 32.3. The predicted molar refractivity (Wildman–Crippen MR) is 136 cm³/mol. The molecule has 8 heteroatoms. The SMILES string of the molecule is O=C(Nc1ccc(C2=CCN(C(=O)C3CCS(O)(O)CC3)CC2)cc1)N1Cc2ccccc2C1. The summed E-state index contributed by atoms with van der Waals surface area (Å²) in [4.78, 5) is 29.2. The Hall–Kier alpha value is -2.81. The minimum atomic E-state index is -2.46. The van der Waals surface area contributed by atoms with Gasteiger partial charge in [0.25, 0.3) is 0 Å². The fourth-order valence-corrected chi connectivity index (χ4v) is 6.52. The van der Waals surface area contributed by atoms with Crippen LogP contribution in [0.25, 0.3) is 5.57 Å². The molecule has 3 aliphatic rings. The van der Waals surface area contributed by atoms with Crippen molar-refractivity contribution >= 4 is 33.8 Å². The molecule has 1 saturated heterocycles. The highest BCUT2D eigenvalue weighted by Crippen LogP contribution is 2.46. The average molecular weight is 482 g/mol. The second kappa shape index (κ2) is 9.44. The topological polar surface area (TPSA) is 93.1 Å². The lowest BCUT2D eigenvalue weighted by molar-refractivity contribution is -0.135. The number of nitrogens with one attached hydrogen (secondary N) is 1. The van der Waals surface area contributed by atoms with Crippen molar-refractivity contribution in [1.82, 2.24) is 9.80 Å². The van der Waals surface area contributed by atoms with Gasteiger partial charge in [0.1, 0.15) is 0 Å². The third-order valence-corrected chi connectivity index (χ3v) is 8.87. The van der Waals surface area contributed by atoms with Crippen LogP contribution in [0, 0.1) is 5.92 Å². The molecule has 2 aromatic carbocycles. The lowest BCUT2D eigenvalue weighted by Gasteiger charge is -2.40. The number of hydrogen-bond donors (Lipinski definition) is 3. The molecule has 1 fully saturated rings. The standard InChI is InChI=1S/C26H31N3O4S/c30-25(21-11-15-34(32,33)16-12-21)28-13-9-20(10-14-28)19-5-7-24(8-6-19)27-26(31)29-17-22-3-1-2-4-23(22)18-29/h1-9,21,32-33H,10-18H2,(H,27,31). The van der Waals surface area contributed by atoms with Crippen LogP contribution in [-0.2, 0) is 17.9 Å². The molecule has 0 saturated carbocycles. The van der Waals surface area contributed by atoms with E-state index in [2.05, 4.69) is 23.5 Å². The number of anilines is 1. The van der Waals surface area contributed by atoms with Crippen molar-refractivity contribution in [1.29, 1.82) is 0 Å². The van der Waals surface area contributed by atoms with Gasteiger partial charge < -0.3 is 15.1 Å². The molecule has 3 aliphatic heterocycles. The number of hydrogen-bond acceptors (Lipinski definition) is 4. The summed E-state index contributed by atoms with van der Waals surface area (Å²) in [6.45, 7) is 2.51. The van der Waals surface area contributed by atoms with E-state index in [9.17, 15) is 18.7 Å². The number of fused-ring (bicyclic) bond motifs is 1. The Morgan fingerprint density at radius 3 is 2.15 bits per heavy atom. The maximum absolute atomic E-state index is 12.8. The summed E-state index contributed by atoms with van der Waals surface area (Å²) in [6, 6.07) is 15.9. The third-order valence-electron chi connectivity index (χ3n) is 7.09. The van der Waals surface area contributed by atoms with Crippen molar-refractivity contribution in [2.75, 3.05) is 29.9 Å². The number of rotatable bonds is 3. The van der Waals surface area contributed by atoms with Gasteiger partial charge in [0.2, 0.25) is 5.91 Å². The second-order valence-corrected chi connectivity index (χ2v) is 11.8. The Morgan fingerprint density at radius 2 is 1.56 bits per heavy atom. The van der Waals surface area contributed by atoms with E-state index >= 15 is 0 Å². The molecule has 0 aromatic heterocycles. The molecule has 2 aromatic rings. The summed E-state index contributed by atoms with van der Waals surface area (Å²) < 4.78 is 19.6. The molecule has 0 radical (unpaired) electrons. The van der Waals surface area contributed by atoms with Crippen LogP contribution >= 0.6 is 10.6 Å². The Balaban J connectivity index is 1.14. The number of urea groups is 1. The molecule has 3 heterocycles. The van der Waals surface area contributed by atoms with Gasteiger partial charge >= 0.3 is 6.03 Å². The molecular weight excluding hydrogens is 450 g/mol. The van der Waals surface area contributed by atoms with Gasteiger partial charge in [-0.15, -0.1) is 0 Å². The van der Waals surface area contributed by atoms with Crippen molar-refractivity contribution in [2.45, 2.75) is 32.4 Å². The molecule has 3 amide bonds. The minimum absolute atomic E-state index is 0.0961. The normalized spacial score (nSPS) is 20.9. The fourth-order valence-electron chi connectivity index (χ4n) is 4.99. The summed E-state index contributed by atoms with van der Waals surface area (Å²) in [5.41, 5.74) is 5.47. The van der Waals surface area contributed by atoms with Gasteiger partial charge in [-0.3, -0.25) is 13.9 Å². The van der Waals surface area contributed by atoms with Crippen LogP contribution in [0.1, 0.15) is 36.0 Å². The van der Waals surface area contributed by atoms with Crippen LogP contribution in [0.4, 0.5) is 10.5 Å². The number of nitrogens with zero attached hydrogens (tertiary/aromatic N) is 2. The zero-order valence-electron chi connectivity index (χ0n) is 19.2. The zero-order valence-corrected chi connectivity index (χ0v) is 20.0. The van der Waals surface area contributed by atoms with E-state index < -0.39 is 10.6 Å². The quantitative estimate of drug-likeness (QED) is 0.575. The monoisotopic (exact) mass is 481 g/mol. The average Bonchev–Trinajstić information content (AvgIpc) is 3.29. The van der Waals surface area contributed by atoms with E-state index in [0.29, 0.717) is 50.5 Å². The lowest BCUT2D eigenvalue weighted by atomic mass is 9.96. The van der Waals surface area contributed by atoms with Crippen LogP contribution in [0.3, 0.4) is 0 Å². The maximum atomic E-state index is 12.8. The summed E-state index contributed by atoms with van der Waals surface area (Å²) in [5.74, 6) is 0.714. The van der Waals surface area contributed by atoms with E-state index in [1.165, 1.54) is 16.7 Å². The Kier molecular flexibility index (Phi) is 6.38. The van der Waals surface area contributed by atoms with Crippen molar-refractivity contribution in [3.05, 3.63) is 71.3 Å². The van der Waals surface area contributed by atoms with Gasteiger partial charge in [-0.05, 0) is 53.7 Å². The smallest absolute Gasteiger partial charge is 0.322 e. The first-order valence-corrected chi connectivity index (χ1v) is 13.7. The molecule has 0 atom stereocenters. The summed E-state index contributed by atoms with van der Waals surface area (Å²) in [5, 5.41) is 2.99. The van der Waals surface area contributed by atoms with E-state index in [1.807, 2.05) is 46.2 Å². The predicted octanol–water partition coefficient (Wildman–Crippen LogP) is 5.01. The van der Waals surface area contributed by atoms with Gasteiger partial charge in [0.05, 0.1) is 0 Å². The third kappa shape index (κ3) is 4.99. The first-order chi connectivity index (χ1) is 16.4. The van der Waals surface area contributed by atoms with Crippen molar-refractivity contribution in [2.24, 2.45) is 5.92 Å².